The van der Waals surface area contributed by atoms with Crippen LogP contribution in [0.25, 0.3) is 0 Å². The molecule has 5 heteroatoms. The van der Waals surface area contributed by atoms with E-state index in [1.54, 1.807) is 32.0 Å². The molecule has 0 bridgehead atoms. The third-order valence-electron chi connectivity index (χ3n) is 2.11. The molecule has 0 amide bonds. The molecule has 86 valence electrons. The van der Waals surface area contributed by atoms with Gasteiger partial charge in [-0.15, -0.1) is 0 Å². The summed E-state index contributed by atoms with van der Waals surface area (Å²) < 4.78 is 23.0. The molecule has 0 saturated heterocycles. The predicted octanol–water partition coefficient (Wildman–Crippen LogP) is 1.68. The van der Waals surface area contributed by atoms with Gasteiger partial charge in [-0.3, -0.25) is 4.57 Å². The molecular weight excluding hydrogens is 222 g/mol. The van der Waals surface area contributed by atoms with Crippen LogP contribution >= 0.6 is 7.60 Å². The van der Waals surface area contributed by atoms with Gasteiger partial charge >= 0.3 is 7.60 Å². The van der Waals surface area contributed by atoms with E-state index in [1.165, 1.54) is 0 Å². The Balaban J connectivity index is 3.15. The second-order valence-corrected chi connectivity index (χ2v) is 5.37. The summed E-state index contributed by atoms with van der Waals surface area (Å²) in [6, 6.07) is 5.17. The Bertz CT molecular complexity index is 396. The largest absolute Gasteiger partial charge is 0.361 e. The van der Waals surface area contributed by atoms with Gasteiger partial charge in [0.15, 0.2) is 0 Å². The molecule has 0 aromatic heterocycles. The summed E-state index contributed by atoms with van der Waals surface area (Å²) in [7, 11) is 2.46. The minimum atomic E-state index is -3.18. The van der Waals surface area contributed by atoms with E-state index in [0.717, 1.165) is 5.56 Å². The van der Waals surface area contributed by atoms with Crippen LogP contribution in [0.15, 0.2) is 18.2 Å². The number of rotatable bonds is 5. The van der Waals surface area contributed by atoms with Crippen LogP contribution in [0.1, 0.15) is 19.4 Å². The smallest absolute Gasteiger partial charge is 0.305 e. The first-order chi connectivity index (χ1) is 7.53. The fraction of sp³-hybridized carbons (Fsp3) is 0.455. The van der Waals surface area contributed by atoms with Crippen molar-refractivity contribution in [2.24, 2.45) is 0 Å². The highest BCUT2D eigenvalue weighted by Gasteiger charge is 2.28. The van der Waals surface area contributed by atoms with E-state index in [1.807, 2.05) is 6.92 Å². The summed E-state index contributed by atoms with van der Waals surface area (Å²) in [6.45, 7) is 6.12. The van der Waals surface area contributed by atoms with Crippen molar-refractivity contribution in [2.45, 2.75) is 20.8 Å². The Morgan fingerprint density at radius 3 is 2.25 bits per heavy atom. The molecule has 0 unspecified atom stereocenters. The molecule has 1 rings (SSSR count). The average molecular weight is 238 g/mol. The third-order valence-corrected chi connectivity index (χ3v) is 4.40. The first kappa shape index (κ1) is 13.5. The zero-order valence-corrected chi connectivity index (χ0v) is 10.8. The van der Waals surface area contributed by atoms with Crippen molar-refractivity contribution in [3.63, 3.8) is 0 Å². The highest BCUT2D eigenvalue weighted by atomic mass is 31.2. The lowest BCUT2D eigenvalue weighted by Crippen LogP contribution is -2.17. The monoisotopic (exact) mass is 238 g/mol. The first-order valence-corrected chi connectivity index (χ1v) is 6.83. The fourth-order valence-corrected chi connectivity index (χ4v) is 3.29. The molecule has 0 fully saturated rings. The second kappa shape index (κ2) is 5.67. The van der Waals surface area contributed by atoms with E-state index in [9.17, 15) is 4.57 Å². The summed E-state index contributed by atoms with van der Waals surface area (Å²) in [6.07, 6.45) is 0. The van der Waals surface area contributed by atoms with Gasteiger partial charge in [0.1, 0.15) is 7.85 Å². The molecule has 0 N–H and O–H groups in total. The molecule has 16 heavy (non-hydrogen) atoms. The maximum atomic E-state index is 12.5. The predicted molar refractivity (Wildman–Crippen MR) is 67.1 cm³/mol. The molecule has 0 saturated carbocycles. The topological polar surface area (TPSA) is 35.5 Å². The first-order valence-electron chi connectivity index (χ1n) is 5.29. The van der Waals surface area contributed by atoms with E-state index >= 15 is 0 Å². The Kier molecular flexibility index (Phi) is 4.78. The van der Waals surface area contributed by atoms with Gasteiger partial charge < -0.3 is 9.05 Å². The quantitative estimate of drug-likeness (QED) is 0.578. The van der Waals surface area contributed by atoms with Crippen molar-refractivity contribution in [3.05, 3.63) is 23.8 Å². The van der Waals surface area contributed by atoms with Crippen LogP contribution in [0.4, 0.5) is 0 Å². The van der Waals surface area contributed by atoms with Crippen LogP contribution in [0.2, 0.25) is 0 Å². The minimum Gasteiger partial charge on any atom is -0.305 e. The normalized spacial score (nSPS) is 11.7. The Morgan fingerprint density at radius 2 is 1.81 bits per heavy atom. The van der Waals surface area contributed by atoms with Crippen LogP contribution in [0.5, 0.6) is 0 Å². The van der Waals surface area contributed by atoms with Gasteiger partial charge in [-0.2, -0.15) is 0 Å². The molecular formula is C11H16BO3P. The lowest BCUT2D eigenvalue weighted by atomic mass is 9.95. The van der Waals surface area contributed by atoms with Crippen LogP contribution in [0, 0.1) is 6.92 Å². The van der Waals surface area contributed by atoms with Crippen molar-refractivity contribution in [1.29, 1.82) is 0 Å². The van der Waals surface area contributed by atoms with Gasteiger partial charge in [0.2, 0.25) is 0 Å². The molecule has 0 heterocycles. The van der Waals surface area contributed by atoms with Gasteiger partial charge in [-0.1, -0.05) is 17.6 Å². The van der Waals surface area contributed by atoms with Crippen LogP contribution in [0.3, 0.4) is 0 Å². The molecule has 0 aliphatic heterocycles. The average Bonchev–Trinajstić information content (AvgIpc) is 2.17. The summed E-state index contributed by atoms with van der Waals surface area (Å²) in [5.41, 5.74) is 1.46. The minimum absolute atomic E-state index is 0.348. The van der Waals surface area contributed by atoms with E-state index in [4.69, 9.17) is 16.9 Å². The maximum Gasteiger partial charge on any atom is 0.361 e. The Hall–Kier alpha value is -0.565. The van der Waals surface area contributed by atoms with E-state index in [0.29, 0.717) is 24.0 Å². The summed E-state index contributed by atoms with van der Waals surface area (Å²) in [5.74, 6) is 0. The van der Waals surface area contributed by atoms with E-state index in [-0.39, 0.29) is 0 Å². The van der Waals surface area contributed by atoms with Gasteiger partial charge in [0.05, 0.1) is 18.5 Å². The molecule has 2 radical (unpaired) electrons. The Morgan fingerprint density at radius 1 is 1.25 bits per heavy atom. The van der Waals surface area contributed by atoms with Crippen LogP contribution < -0.4 is 10.8 Å². The maximum absolute atomic E-state index is 12.5. The SMILES string of the molecule is [B]c1ccc(P(=O)(OCC)OCC)c(C)c1. The summed E-state index contributed by atoms with van der Waals surface area (Å²) >= 11 is 0. The van der Waals surface area contributed by atoms with E-state index in [2.05, 4.69) is 0 Å². The molecule has 0 aliphatic rings. The fourth-order valence-electron chi connectivity index (χ4n) is 1.50. The molecule has 0 aliphatic carbocycles. The van der Waals surface area contributed by atoms with Crippen molar-refractivity contribution < 1.29 is 13.6 Å². The molecule has 0 spiro atoms. The second-order valence-electron chi connectivity index (χ2n) is 3.38. The zero-order chi connectivity index (χ0) is 12.2. The molecule has 0 atom stereocenters. The number of hydrogen-bond donors (Lipinski definition) is 0. The van der Waals surface area contributed by atoms with E-state index < -0.39 is 7.60 Å². The van der Waals surface area contributed by atoms with Crippen molar-refractivity contribution in [2.75, 3.05) is 13.2 Å². The van der Waals surface area contributed by atoms with Crippen LogP contribution in [-0.4, -0.2) is 21.1 Å². The molecule has 3 nitrogen and oxygen atoms in total. The Labute approximate surface area is 98.1 Å². The third kappa shape index (κ3) is 2.97. The molecule has 1 aromatic rings. The van der Waals surface area contributed by atoms with Gasteiger partial charge in [-0.25, -0.2) is 0 Å². The summed E-state index contributed by atoms with van der Waals surface area (Å²) in [5, 5.41) is 0.588. The van der Waals surface area contributed by atoms with Gasteiger partial charge in [-0.05, 0) is 32.4 Å². The summed E-state index contributed by atoms with van der Waals surface area (Å²) in [4.78, 5) is 0. The van der Waals surface area contributed by atoms with Crippen molar-refractivity contribution in [1.82, 2.24) is 0 Å². The van der Waals surface area contributed by atoms with Crippen LogP contribution in [-0.2, 0) is 13.6 Å². The standard InChI is InChI=1S/C11H16BO3P/c1-4-14-16(13,15-5-2)11-7-6-10(12)8-9(11)3/h6-8H,4-5H2,1-3H3. The highest BCUT2D eigenvalue weighted by molar-refractivity contribution is 7.62. The van der Waals surface area contributed by atoms with Gasteiger partial charge in [0.25, 0.3) is 0 Å². The lowest BCUT2D eigenvalue weighted by Gasteiger charge is -2.19. The van der Waals surface area contributed by atoms with Crippen molar-refractivity contribution in [3.8, 4) is 0 Å². The number of aryl methyl sites for hydroxylation is 1. The van der Waals surface area contributed by atoms with Crippen molar-refractivity contribution >= 4 is 26.2 Å². The zero-order valence-electron chi connectivity index (χ0n) is 9.90. The number of hydrogen-bond acceptors (Lipinski definition) is 3. The lowest BCUT2D eigenvalue weighted by molar-refractivity contribution is 0.230. The van der Waals surface area contributed by atoms with Gasteiger partial charge in [0, 0.05) is 0 Å². The number of benzene rings is 1. The molecule has 1 aromatic carbocycles. The highest BCUT2D eigenvalue weighted by Crippen LogP contribution is 2.47.